The fourth-order valence-electron chi connectivity index (χ4n) is 3.19. The van der Waals surface area contributed by atoms with Crippen LogP contribution in [0.1, 0.15) is 37.1 Å². The number of aliphatic hydroxyl groups excluding tert-OH is 1. The van der Waals surface area contributed by atoms with Crippen molar-refractivity contribution in [3.63, 3.8) is 0 Å². The Kier molecular flexibility index (Phi) is 4.98. The summed E-state index contributed by atoms with van der Waals surface area (Å²) in [5.74, 6) is -0.0604. The molecule has 134 valence electrons. The second kappa shape index (κ2) is 7.18. The Bertz CT molecular complexity index is 774. The van der Waals surface area contributed by atoms with E-state index < -0.39 is 5.97 Å². The van der Waals surface area contributed by atoms with E-state index in [0.29, 0.717) is 41.4 Å². The Labute approximate surface area is 145 Å². The third-order valence-electron chi connectivity index (χ3n) is 4.66. The van der Waals surface area contributed by atoms with Gasteiger partial charge in [0, 0.05) is 7.05 Å². The highest BCUT2D eigenvalue weighted by Crippen LogP contribution is 2.29. The number of nitrogens with zero attached hydrogens (tertiary/aromatic N) is 4. The molecule has 8 nitrogen and oxygen atoms in total. The molecule has 1 aliphatic carbocycles. The van der Waals surface area contributed by atoms with Crippen molar-refractivity contribution in [3.05, 3.63) is 23.8 Å². The van der Waals surface area contributed by atoms with Gasteiger partial charge in [0.1, 0.15) is 0 Å². The summed E-state index contributed by atoms with van der Waals surface area (Å²) in [4.78, 5) is 20.0. The van der Waals surface area contributed by atoms with Crippen LogP contribution in [0.2, 0.25) is 0 Å². The molecule has 0 radical (unpaired) electrons. The molecule has 3 rings (SSSR count). The lowest BCUT2D eigenvalue weighted by atomic mass is 9.87. The fraction of sp³-hybridized carbons (Fsp3) is 0.529. The fourth-order valence-corrected chi connectivity index (χ4v) is 3.19. The van der Waals surface area contributed by atoms with Crippen LogP contribution in [0.5, 0.6) is 5.75 Å². The van der Waals surface area contributed by atoms with Crippen molar-refractivity contribution in [1.29, 1.82) is 0 Å². The summed E-state index contributed by atoms with van der Waals surface area (Å²) in [6.07, 6.45) is 5.99. The molecular weight excluding hydrogens is 324 g/mol. The molecule has 1 aliphatic rings. The molecule has 2 aromatic heterocycles. The minimum absolute atomic E-state index is 0.130. The number of rotatable bonds is 5. The molecule has 2 N–H and O–H groups in total. The van der Waals surface area contributed by atoms with Gasteiger partial charge >= 0.3 is 5.97 Å². The van der Waals surface area contributed by atoms with E-state index in [-0.39, 0.29) is 18.6 Å². The van der Waals surface area contributed by atoms with Gasteiger partial charge in [0.15, 0.2) is 11.6 Å². The molecular formula is C17H22N4O4. The zero-order valence-electron chi connectivity index (χ0n) is 14.3. The van der Waals surface area contributed by atoms with Gasteiger partial charge in [-0.05, 0) is 32.6 Å². The van der Waals surface area contributed by atoms with Gasteiger partial charge in [-0.1, -0.05) is 0 Å². The molecule has 0 amide bonds. The summed E-state index contributed by atoms with van der Waals surface area (Å²) in [7, 11) is 1.75. The maximum atomic E-state index is 11.2. The number of aromatic nitrogens is 4. The Balaban J connectivity index is 1.77. The maximum absolute atomic E-state index is 11.2. The first-order chi connectivity index (χ1) is 12.0. The van der Waals surface area contributed by atoms with Crippen LogP contribution >= 0.6 is 0 Å². The average molecular weight is 346 g/mol. The van der Waals surface area contributed by atoms with Crippen LogP contribution in [0.4, 0.5) is 0 Å². The van der Waals surface area contributed by atoms with E-state index in [4.69, 9.17) is 4.74 Å². The Morgan fingerprint density at radius 3 is 2.88 bits per heavy atom. The topological polar surface area (TPSA) is 110 Å². The summed E-state index contributed by atoms with van der Waals surface area (Å²) in [6, 6.07) is 0. The molecule has 2 atom stereocenters. The number of aliphatic carboxylic acids is 1. The highest BCUT2D eigenvalue weighted by Gasteiger charge is 2.28. The van der Waals surface area contributed by atoms with Crippen LogP contribution in [0.15, 0.2) is 12.4 Å². The van der Waals surface area contributed by atoms with E-state index in [1.54, 1.807) is 24.1 Å². The van der Waals surface area contributed by atoms with E-state index in [1.165, 1.54) is 0 Å². The lowest BCUT2D eigenvalue weighted by Gasteiger charge is -2.27. The predicted octanol–water partition coefficient (Wildman–Crippen LogP) is 1.70. The van der Waals surface area contributed by atoms with E-state index >= 15 is 0 Å². The largest absolute Gasteiger partial charge is 0.487 e. The van der Waals surface area contributed by atoms with Gasteiger partial charge in [-0.15, -0.1) is 0 Å². The summed E-state index contributed by atoms with van der Waals surface area (Å²) in [6.45, 7) is 1.68. The summed E-state index contributed by atoms with van der Waals surface area (Å²) in [5, 5.41) is 22.8. The third-order valence-corrected chi connectivity index (χ3v) is 4.66. The van der Waals surface area contributed by atoms with Gasteiger partial charge in [0.05, 0.1) is 48.0 Å². The van der Waals surface area contributed by atoms with Crippen molar-refractivity contribution in [2.75, 3.05) is 0 Å². The normalized spacial score (nSPS) is 20.4. The van der Waals surface area contributed by atoms with Crippen LogP contribution < -0.4 is 4.74 Å². The van der Waals surface area contributed by atoms with Gasteiger partial charge in [-0.25, -0.2) is 9.97 Å². The monoisotopic (exact) mass is 346 g/mol. The number of carbonyl (C=O) groups is 1. The predicted molar refractivity (Wildman–Crippen MR) is 88.9 cm³/mol. The number of aliphatic hydroxyl groups is 1. The van der Waals surface area contributed by atoms with Crippen molar-refractivity contribution in [1.82, 2.24) is 19.7 Å². The standard InChI is InChI=1S/C17H22N4O4/c1-10-15(25-12-5-3-4-11(6-12)17(23)24)8-18-16(20-10)13-7-19-21(2)14(13)9-22/h7-8,11-12,22H,3-6,9H2,1-2H3,(H,23,24)/t11-,12-/m0/s1. The molecule has 2 heterocycles. The smallest absolute Gasteiger partial charge is 0.306 e. The number of ether oxygens (including phenoxy) is 1. The molecule has 0 bridgehead atoms. The first kappa shape index (κ1) is 17.3. The first-order valence-corrected chi connectivity index (χ1v) is 8.34. The molecule has 0 saturated heterocycles. The lowest BCUT2D eigenvalue weighted by Crippen LogP contribution is -2.29. The second-order valence-corrected chi connectivity index (χ2v) is 6.37. The second-order valence-electron chi connectivity index (χ2n) is 6.37. The molecule has 1 saturated carbocycles. The minimum Gasteiger partial charge on any atom is -0.487 e. The van der Waals surface area contributed by atoms with Crippen molar-refractivity contribution < 1.29 is 19.7 Å². The molecule has 2 aromatic rings. The van der Waals surface area contributed by atoms with E-state index in [2.05, 4.69) is 15.1 Å². The van der Waals surface area contributed by atoms with E-state index in [1.807, 2.05) is 6.92 Å². The number of hydrogen-bond donors (Lipinski definition) is 2. The molecule has 0 aromatic carbocycles. The zero-order chi connectivity index (χ0) is 18.0. The summed E-state index contributed by atoms with van der Waals surface area (Å²) in [5.41, 5.74) is 2.00. The van der Waals surface area contributed by atoms with Gasteiger partial charge < -0.3 is 14.9 Å². The quantitative estimate of drug-likeness (QED) is 0.847. The molecule has 1 fully saturated rings. The molecule has 0 aliphatic heterocycles. The Hall–Kier alpha value is -2.48. The lowest BCUT2D eigenvalue weighted by molar-refractivity contribution is -0.143. The SMILES string of the molecule is Cc1nc(-c2cnn(C)c2CO)ncc1O[C@H]1CCC[C@H](C(=O)O)C1. The Morgan fingerprint density at radius 1 is 1.40 bits per heavy atom. The summed E-state index contributed by atoms with van der Waals surface area (Å²) >= 11 is 0. The van der Waals surface area contributed by atoms with Gasteiger partial charge in [0.25, 0.3) is 0 Å². The average Bonchev–Trinajstić information content (AvgIpc) is 2.97. The number of carboxylic acid groups (broad SMARTS) is 1. The van der Waals surface area contributed by atoms with Crippen LogP contribution in [0, 0.1) is 12.8 Å². The van der Waals surface area contributed by atoms with Crippen molar-refractivity contribution in [2.45, 2.75) is 45.3 Å². The van der Waals surface area contributed by atoms with Crippen LogP contribution in [-0.4, -0.2) is 42.0 Å². The van der Waals surface area contributed by atoms with Crippen LogP contribution in [0.3, 0.4) is 0 Å². The highest BCUT2D eigenvalue weighted by atomic mass is 16.5. The Morgan fingerprint density at radius 2 is 2.20 bits per heavy atom. The third kappa shape index (κ3) is 3.63. The van der Waals surface area contributed by atoms with Gasteiger partial charge in [-0.3, -0.25) is 9.48 Å². The number of carboxylic acids is 1. The first-order valence-electron chi connectivity index (χ1n) is 8.34. The number of aryl methyl sites for hydroxylation is 2. The molecule has 0 unspecified atom stereocenters. The van der Waals surface area contributed by atoms with E-state index in [9.17, 15) is 15.0 Å². The van der Waals surface area contributed by atoms with Crippen molar-refractivity contribution in [3.8, 4) is 17.1 Å². The molecule has 0 spiro atoms. The summed E-state index contributed by atoms with van der Waals surface area (Å²) < 4.78 is 7.55. The molecule has 8 heteroatoms. The van der Waals surface area contributed by atoms with Crippen molar-refractivity contribution in [2.24, 2.45) is 13.0 Å². The van der Waals surface area contributed by atoms with Gasteiger partial charge in [0.2, 0.25) is 0 Å². The van der Waals surface area contributed by atoms with Crippen LogP contribution in [-0.2, 0) is 18.4 Å². The highest BCUT2D eigenvalue weighted by molar-refractivity contribution is 5.70. The minimum atomic E-state index is -0.760. The molecule has 25 heavy (non-hydrogen) atoms. The van der Waals surface area contributed by atoms with Gasteiger partial charge in [-0.2, -0.15) is 5.10 Å². The van der Waals surface area contributed by atoms with Crippen LogP contribution in [0.25, 0.3) is 11.4 Å². The van der Waals surface area contributed by atoms with Crippen molar-refractivity contribution >= 4 is 5.97 Å². The zero-order valence-corrected chi connectivity index (χ0v) is 14.3. The maximum Gasteiger partial charge on any atom is 0.306 e. The van der Waals surface area contributed by atoms with E-state index in [0.717, 1.165) is 12.8 Å². The number of hydrogen-bond acceptors (Lipinski definition) is 6.